The fourth-order valence-corrected chi connectivity index (χ4v) is 7.19. The van der Waals surface area contributed by atoms with Gasteiger partial charge >= 0.3 is 0 Å². The minimum absolute atomic E-state index is 0.108. The number of amides is 1. The lowest BCUT2D eigenvalue weighted by atomic mass is 9.09. The molecule has 2 N–H and O–H groups in total. The molecule has 0 unspecified atom stereocenters. The van der Waals surface area contributed by atoms with Gasteiger partial charge in [0.1, 0.15) is 5.52 Å². The molecule has 0 bridgehead atoms. The minimum Gasteiger partial charge on any atom is -0.386 e. The molecule has 1 amide bonds. The summed E-state index contributed by atoms with van der Waals surface area (Å²) in [6, 6.07) is 3.31. The summed E-state index contributed by atoms with van der Waals surface area (Å²) in [7, 11) is 19.9. The lowest BCUT2D eigenvalue weighted by Crippen LogP contribution is -2.58. The van der Waals surface area contributed by atoms with Crippen molar-refractivity contribution in [2.24, 2.45) is 5.41 Å². The standard InChI is InChI=1S/C20H37B9FN3O2/c1-16(2,35)9-6-11(30)14-12(7-9)33(10-4-3-5-10)15(32-14)31-13(34)8-17(18(21,22)23,19(24,25)26)20(27,28)29/h6-7,10,35H,3-5,8,21-29H2,1-2H3,(H,31,32,34). The molecule has 5 nitrogen and oxygen atoms in total. The third-order valence-corrected chi connectivity index (χ3v) is 8.41. The molecule has 15 heteroatoms. The first-order valence-corrected chi connectivity index (χ1v) is 12.9. The summed E-state index contributed by atoms with van der Waals surface area (Å²) in [6.07, 6.45) is 3.33. The highest BCUT2D eigenvalue weighted by atomic mass is 19.1. The van der Waals surface area contributed by atoms with Crippen LogP contribution in [0.15, 0.2) is 12.1 Å². The normalized spacial score (nSPS) is 16.2. The number of halogens is 1. The highest BCUT2D eigenvalue weighted by molar-refractivity contribution is 6.69. The molecule has 0 radical (unpaired) electrons. The van der Waals surface area contributed by atoms with Crippen molar-refractivity contribution in [3.63, 3.8) is 0 Å². The van der Waals surface area contributed by atoms with Gasteiger partial charge in [-0.05, 0) is 50.8 Å². The Morgan fingerprint density at radius 3 is 1.97 bits per heavy atom. The monoisotopic (exact) mass is 469 g/mol. The van der Waals surface area contributed by atoms with E-state index in [0.29, 0.717) is 23.4 Å². The maximum atomic E-state index is 15.1. The van der Waals surface area contributed by atoms with E-state index in [0.717, 1.165) is 19.3 Å². The van der Waals surface area contributed by atoms with Crippen LogP contribution in [-0.2, 0) is 10.4 Å². The van der Waals surface area contributed by atoms with Gasteiger partial charge in [0.05, 0.1) is 81.7 Å². The fourth-order valence-electron chi connectivity index (χ4n) is 7.19. The Morgan fingerprint density at radius 1 is 1.06 bits per heavy atom. The van der Waals surface area contributed by atoms with Crippen LogP contribution >= 0.6 is 0 Å². The number of nitrogens with zero attached hydrogens (tertiary/aromatic N) is 2. The number of imidazole rings is 1. The second kappa shape index (κ2) is 8.88. The van der Waals surface area contributed by atoms with E-state index in [2.05, 4.69) is 80.9 Å². The topological polar surface area (TPSA) is 67.2 Å². The second-order valence-corrected chi connectivity index (χ2v) is 14.2. The summed E-state index contributed by atoms with van der Waals surface area (Å²) >= 11 is 0. The van der Waals surface area contributed by atoms with Crippen LogP contribution in [-0.4, -0.2) is 91.2 Å². The molecule has 35 heavy (non-hydrogen) atoms. The maximum absolute atomic E-state index is 15.1. The summed E-state index contributed by atoms with van der Waals surface area (Å²) in [5.41, 5.74) is -0.166. The van der Waals surface area contributed by atoms with Gasteiger partial charge in [-0.15, -0.1) is 15.3 Å². The minimum atomic E-state index is -1.18. The summed E-state index contributed by atoms with van der Waals surface area (Å²) in [5.74, 6) is -0.197. The Balaban J connectivity index is 2.10. The van der Waals surface area contributed by atoms with Gasteiger partial charge in [0.15, 0.2) is 5.82 Å². The zero-order valence-electron chi connectivity index (χ0n) is 23.7. The van der Waals surface area contributed by atoms with Gasteiger partial charge in [-0.2, -0.15) is 0 Å². The van der Waals surface area contributed by atoms with Crippen LogP contribution < -0.4 is 5.32 Å². The van der Waals surface area contributed by atoms with Gasteiger partial charge < -0.3 is 9.67 Å². The number of carbonyl (C=O) groups excluding carboxylic acids is 1. The highest BCUT2D eigenvalue weighted by Crippen LogP contribution is 2.63. The Bertz CT molecular complexity index is 1090. The van der Waals surface area contributed by atoms with Crippen molar-refractivity contribution in [1.82, 2.24) is 9.55 Å². The van der Waals surface area contributed by atoms with Crippen LogP contribution in [0.4, 0.5) is 10.3 Å². The van der Waals surface area contributed by atoms with E-state index in [1.54, 1.807) is 13.8 Å². The summed E-state index contributed by atoms with van der Waals surface area (Å²) < 4.78 is 17.1. The number of nitrogens with one attached hydrogen (secondary N) is 1. The van der Waals surface area contributed by atoms with Crippen molar-refractivity contribution in [1.29, 1.82) is 0 Å². The van der Waals surface area contributed by atoms with Gasteiger partial charge in [-0.25, -0.2) is 9.37 Å². The van der Waals surface area contributed by atoms with Crippen molar-refractivity contribution >= 4 is 93.5 Å². The Kier molecular flexibility index (Phi) is 7.16. The van der Waals surface area contributed by atoms with Crippen LogP contribution in [0, 0.1) is 11.2 Å². The molecule has 0 atom stereocenters. The van der Waals surface area contributed by atoms with Gasteiger partial charge in [-0.1, -0.05) is 5.41 Å². The lowest BCUT2D eigenvalue weighted by molar-refractivity contribution is -0.118. The number of benzene rings is 1. The van der Waals surface area contributed by atoms with Gasteiger partial charge in [-0.3, -0.25) is 10.1 Å². The van der Waals surface area contributed by atoms with E-state index in [1.165, 1.54) is 6.07 Å². The Hall–Kier alpha value is -1.37. The molecule has 0 saturated heterocycles. The molecule has 0 spiro atoms. The van der Waals surface area contributed by atoms with Gasteiger partial charge in [0.25, 0.3) is 0 Å². The SMILES string of the molecule is BC(B)(B)C(CC(=O)Nc1nc2c(F)cc(C(C)(C)O)cc2n1C1CCC1)(C(B)(B)B)C(B)(B)B. The van der Waals surface area contributed by atoms with Crippen molar-refractivity contribution in [3.8, 4) is 0 Å². The first-order chi connectivity index (χ1) is 15.7. The van der Waals surface area contributed by atoms with Crippen molar-refractivity contribution in [2.45, 2.75) is 66.5 Å². The first-order valence-electron chi connectivity index (χ1n) is 12.9. The van der Waals surface area contributed by atoms with E-state index in [4.69, 9.17) is 0 Å². The first kappa shape index (κ1) is 28.2. The average Bonchev–Trinajstić information content (AvgIpc) is 2.93. The quantitative estimate of drug-likeness (QED) is 0.384. The maximum Gasteiger partial charge on any atom is 0.227 e. The summed E-state index contributed by atoms with van der Waals surface area (Å²) in [5, 5.41) is 13.2. The number of carbonyl (C=O) groups is 1. The van der Waals surface area contributed by atoms with Crippen LogP contribution in [0.1, 0.15) is 51.1 Å². The van der Waals surface area contributed by atoms with Crippen molar-refractivity contribution in [3.05, 3.63) is 23.5 Å². The molecule has 1 heterocycles. The third kappa shape index (κ3) is 4.95. The van der Waals surface area contributed by atoms with Crippen LogP contribution in [0.5, 0.6) is 0 Å². The number of rotatable bonds is 8. The summed E-state index contributed by atoms with van der Waals surface area (Å²) in [4.78, 5) is 18.3. The lowest BCUT2D eigenvalue weighted by Gasteiger charge is -2.63. The van der Waals surface area contributed by atoms with Gasteiger partial charge in [0.2, 0.25) is 11.9 Å². The molecule has 1 aliphatic rings. The highest BCUT2D eigenvalue weighted by Gasteiger charge is 2.56. The average molecular weight is 468 g/mol. The number of anilines is 1. The largest absolute Gasteiger partial charge is 0.386 e. The second-order valence-electron chi connectivity index (χ2n) is 14.2. The van der Waals surface area contributed by atoms with E-state index >= 15 is 4.39 Å². The third-order valence-electron chi connectivity index (χ3n) is 8.41. The van der Waals surface area contributed by atoms with E-state index < -0.39 is 11.4 Å². The van der Waals surface area contributed by atoms with E-state index in [-0.39, 0.29) is 38.2 Å². The molecular formula is C20H37B9FN3O2. The van der Waals surface area contributed by atoms with Crippen LogP contribution in [0.2, 0.25) is 15.3 Å². The van der Waals surface area contributed by atoms with E-state index in [9.17, 15) is 9.90 Å². The Labute approximate surface area is 218 Å². The van der Waals surface area contributed by atoms with Crippen molar-refractivity contribution in [2.75, 3.05) is 5.32 Å². The molecule has 178 valence electrons. The molecule has 3 rings (SSSR count). The Morgan fingerprint density at radius 2 is 1.57 bits per heavy atom. The molecule has 2 aromatic rings. The molecular weight excluding hydrogens is 431 g/mol. The zero-order chi connectivity index (χ0) is 26.8. The molecule has 0 aliphatic heterocycles. The van der Waals surface area contributed by atoms with Crippen LogP contribution in [0.3, 0.4) is 0 Å². The molecule has 1 aromatic heterocycles. The summed E-state index contributed by atoms with van der Waals surface area (Å²) in [6.45, 7) is 3.29. The zero-order valence-corrected chi connectivity index (χ0v) is 23.7. The van der Waals surface area contributed by atoms with Crippen molar-refractivity contribution < 1.29 is 14.3 Å². The molecule has 1 aliphatic carbocycles. The predicted molar refractivity (Wildman–Crippen MR) is 168 cm³/mol. The predicted octanol–water partition coefficient (Wildman–Crippen LogP) is -4.64. The fraction of sp³-hybridized carbons (Fsp3) is 0.600. The number of hydrogen-bond donors (Lipinski definition) is 2. The van der Waals surface area contributed by atoms with Crippen LogP contribution in [0.25, 0.3) is 11.0 Å². The number of fused-ring (bicyclic) bond motifs is 1. The van der Waals surface area contributed by atoms with E-state index in [1.807, 2.05) is 10.6 Å². The number of aromatic nitrogens is 2. The molecule has 1 saturated carbocycles. The molecule has 1 fully saturated rings. The molecule has 1 aromatic carbocycles. The number of hydrogen-bond acceptors (Lipinski definition) is 3. The number of aliphatic hydroxyl groups is 1. The smallest absolute Gasteiger partial charge is 0.227 e. The van der Waals surface area contributed by atoms with Gasteiger partial charge in [0, 0.05) is 12.5 Å².